The third kappa shape index (κ3) is 2.85. The first-order valence-corrected chi connectivity index (χ1v) is 5.95. The Morgan fingerprint density at radius 1 is 1.61 bits per heavy atom. The first-order chi connectivity index (χ1) is 8.58. The lowest BCUT2D eigenvalue weighted by Crippen LogP contribution is -2.49. The summed E-state index contributed by atoms with van der Waals surface area (Å²) in [5.74, 6) is 0.401. The molecule has 100 valence electrons. The SMILES string of the molecule is CC(C)c1noc(CN2CCOCC2C(=O)O)n1. The molecule has 0 radical (unpaired) electrons. The molecule has 1 saturated heterocycles. The van der Waals surface area contributed by atoms with Crippen molar-refractivity contribution in [1.82, 2.24) is 15.0 Å². The molecule has 18 heavy (non-hydrogen) atoms. The van der Waals surface area contributed by atoms with Gasteiger partial charge in [-0.25, -0.2) is 0 Å². The summed E-state index contributed by atoms with van der Waals surface area (Å²) in [6.45, 7) is 5.57. The second kappa shape index (κ2) is 5.45. The highest BCUT2D eigenvalue weighted by atomic mass is 16.5. The van der Waals surface area contributed by atoms with Gasteiger partial charge in [0.05, 0.1) is 19.8 Å². The van der Waals surface area contributed by atoms with E-state index in [0.29, 0.717) is 31.4 Å². The summed E-state index contributed by atoms with van der Waals surface area (Å²) in [7, 11) is 0. The molecule has 2 rings (SSSR count). The zero-order valence-corrected chi connectivity index (χ0v) is 10.5. The van der Waals surface area contributed by atoms with E-state index in [1.807, 2.05) is 13.8 Å². The topological polar surface area (TPSA) is 88.7 Å². The van der Waals surface area contributed by atoms with E-state index < -0.39 is 12.0 Å². The third-order valence-electron chi connectivity index (χ3n) is 2.86. The fourth-order valence-corrected chi connectivity index (χ4v) is 1.80. The lowest BCUT2D eigenvalue weighted by molar-refractivity contribution is -0.150. The summed E-state index contributed by atoms with van der Waals surface area (Å²) in [5, 5.41) is 13.0. The number of hydrogen-bond acceptors (Lipinski definition) is 6. The molecule has 1 aromatic rings. The van der Waals surface area contributed by atoms with Gasteiger partial charge in [0.25, 0.3) is 0 Å². The maximum atomic E-state index is 11.1. The van der Waals surface area contributed by atoms with Crippen LogP contribution in [0.5, 0.6) is 0 Å². The number of aromatic nitrogens is 2. The first kappa shape index (κ1) is 13.0. The molecule has 1 unspecified atom stereocenters. The highest BCUT2D eigenvalue weighted by Gasteiger charge is 2.30. The van der Waals surface area contributed by atoms with Crippen molar-refractivity contribution in [2.24, 2.45) is 0 Å². The molecular formula is C11H17N3O4. The van der Waals surface area contributed by atoms with Crippen LogP contribution >= 0.6 is 0 Å². The highest BCUT2D eigenvalue weighted by molar-refractivity contribution is 5.73. The van der Waals surface area contributed by atoms with Gasteiger partial charge in [-0.1, -0.05) is 19.0 Å². The maximum Gasteiger partial charge on any atom is 0.323 e. The van der Waals surface area contributed by atoms with Crippen LogP contribution in [0.25, 0.3) is 0 Å². The van der Waals surface area contributed by atoms with Crippen LogP contribution in [-0.2, 0) is 16.1 Å². The number of carboxylic acids is 1. The Kier molecular flexibility index (Phi) is 3.93. The van der Waals surface area contributed by atoms with Crippen LogP contribution in [0.4, 0.5) is 0 Å². The number of carboxylic acid groups (broad SMARTS) is 1. The van der Waals surface area contributed by atoms with Gasteiger partial charge in [0.2, 0.25) is 5.89 Å². The second-order valence-electron chi connectivity index (χ2n) is 4.60. The Morgan fingerprint density at radius 2 is 2.39 bits per heavy atom. The third-order valence-corrected chi connectivity index (χ3v) is 2.86. The van der Waals surface area contributed by atoms with Gasteiger partial charge in [-0.3, -0.25) is 9.69 Å². The molecule has 7 nitrogen and oxygen atoms in total. The van der Waals surface area contributed by atoms with Crippen molar-refractivity contribution < 1.29 is 19.2 Å². The van der Waals surface area contributed by atoms with Crippen LogP contribution < -0.4 is 0 Å². The number of morpholine rings is 1. The van der Waals surface area contributed by atoms with Gasteiger partial charge < -0.3 is 14.4 Å². The Hall–Kier alpha value is -1.47. The zero-order chi connectivity index (χ0) is 13.1. The van der Waals surface area contributed by atoms with Crippen molar-refractivity contribution in [1.29, 1.82) is 0 Å². The van der Waals surface area contributed by atoms with Crippen LogP contribution in [0.1, 0.15) is 31.5 Å². The van der Waals surface area contributed by atoms with Gasteiger partial charge >= 0.3 is 5.97 Å². The van der Waals surface area contributed by atoms with Gasteiger partial charge in [0.1, 0.15) is 6.04 Å². The second-order valence-corrected chi connectivity index (χ2v) is 4.60. The average molecular weight is 255 g/mol. The molecule has 0 bridgehead atoms. The molecule has 0 aromatic carbocycles. The van der Waals surface area contributed by atoms with E-state index in [1.54, 1.807) is 4.90 Å². The zero-order valence-electron chi connectivity index (χ0n) is 10.5. The minimum absolute atomic E-state index is 0.195. The molecule has 0 amide bonds. The Labute approximate surface area is 105 Å². The fourth-order valence-electron chi connectivity index (χ4n) is 1.80. The number of hydrogen-bond donors (Lipinski definition) is 1. The van der Waals surface area contributed by atoms with Gasteiger partial charge in [0, 0.05) is 12.5 Å². The van der Waals surface area contributed by atoms with Crippen LogP contribution in [0.3, 0.4) is 0 Å². The van der Waals surface area contributed by atoms with E-state index in [2.05, 4.69) is 10.1 Å². The fraction of sp³-hybridized carbons (Fsp3) is 0.727. The molecule has 1 N–H and O–H groups in total. The van der Waals surface area contributed by atoms with E-state index in [1.165, 1.54) is 0 Å². The van der Waals surface area contributed by atoms with Crippen molar-refractivity contribution in [3.8, 4) is 0 Å². The van der Waals surface area contributed by atoms with Crippen LogP contribution in [0.15, 0.2) is 4.52 Å². The van der Waals surface area contributed by atoms with E-state index in [-0.39, 0.29) is 12.5 Å². The molecule has 2 heterocycles. The molecule has 1 aromatic heterocycles. The lowest BCUT2D eigenvalue weighted by atomic mass is 10.2. The molecule has 7 heteroatoms. The molecule has 1 aliphatic rings. The standard InChI is InChI=1S/C11H17N3O4/c1-7(2)10-12-9(18-13-10)5-14-3-4-17-6-8(14)11(15)16/h7-8H,3-6H2,1-2H3,(H,15,16). The number of aliphatic carboxylic acids is 1. The number of ether oxygens (including phenoxy) is 1. The molecular weight excluding hydrogens is 238 g/mol. The van der Waals surface area contributed by atoms with E-state index in [4.69, 9.17) is 14.4 Å². The van der Waals surface area contributed by atoms with Gasteiger partial charge in [-0.2, -0.15) is 4.98 Å². The molecule has 1 aliphatic heterocycles. The highest BCUT2D eigenvalue weighted by Crippen LogP contribution is 2.14. The lowest BCUT2D eigenvalue weighted by Gasteiger charge is -2.31. The van der Waals surface area contributed by atoms with Gasteiger partial charge in [-0.05, 0) is 0 Å². The van der Waals surface area contributed by atoms with Crippen LogP contribution in [-0.4, -0.2) is 51.9 Å². The molecule has 0 spiro atoms. The predicted molar refractivity (Wildman–Crippen MR) is 61.0 cm³/mol. The molecule has 0 aliphatic carbocycles. The van der Waals surface area contributed by atoms with Gasteiger partial charge in [-0.15, -0.1) is 0 Å². The normalized spacial score (nSPS) is 21.4. The summed E-state index contributed by atoms with van der Waals surface area (Å²) < 4.78 is 10.3. The van der Waals surface area contributed by atoms with E-state index >= 15 is 0 Å². The quantitative estimate of drug-likeness (QED) is 0.836. The van der Waals surface area contributed by atoms with E-state index in [9.17, 15) is 4.79 Å². The molecule has 1 fully saturated rings. The molecule has 0 saturated carbocycles. The predicted octanol–water partition coefficient (Wildman–Crippen LogP) is 0.478. The maximum absolute atomic E-state index is 11.1. The van der Waals surface area contributed by atoms with E-state index in [0.717, 1.165) is 0 Å². The van der Waals surface area contributed by atoms with Crippen molar-refractivity contribution in [3.63, 3.8) is 0 Å². The Balaban J connectivity index is 2.03. The number of carbonyl (C=O) groups is 1. The van der Waals surface area contributed by atoms with Crippen molar-refractivity contribution >= 4 is 5.97 Å². The summed E-state index contributed by atoms with van der Waals surface area (Å²) in [6.07, 6.45) is 0. The van der Waals surface area contributed by atoms with Crippen molar-refractivity contribution in [2.45, 2.75) is 32.4 Å². The molecule has 1 atom stereocenters. The largest absolute Gasteiger partial charge is 0.480 e. The summed E-state index contributed by atoms with van der Waals surface area (Å²) >= 11 is 0. The Bertz CT molecular complexity index is 418. The van der Waals surface area contributed by atoms with Crippen LogP contribution in [0, 0.1) is 0 Å². The first-order valence-electron chi connectivity index (χ1n) is 5.95. The Morgan fingerprint density at radius 3 is 3.00 bits per heavy atom. The van der Waals surface area contributed by atoms with Gasteiger partial charge in [0.15, 0.2) is 5.82 Å². The number of rotatable bonds is 4. The monoisotopic (exact) mass is 255 g/mol. The summed E-state index contributed by atoms with van der Waals surface area (Å²) in [5.41, 5.74) is 0. The summed E-state index contributed by atoms with van der Waals surface area (Å²) in [4.78, 5) is 17.1. The summed E-state index contributed by atoms with van der Waals surface area (Å²) in [6, 6.07) is -0.645. The minimum Gasteiger partial charge on any atom is -0.480 e. The average Bonchev–Trinajstić information content (AvgIpc) is 2.78. The smallest absolute Gasteiger partial charge is 0.323 e. The number of nitrogens with zero attached hydrogens (tertiary/aromatic N) is 3. The van der Waals surface area contributed by atoms with Crippen LogP contribution in [0.2, 0.25) is 0 Å². The minimum atomic E-state index is -0.890. The van der Waals surface area contributed by atoms with Crippen molar-refractivity contribution in [3.05, 3.63) is 11.7 Å². The van der Waals surface area contributed by atoms with Crippen molar-refractivity contribution in [2.75, 3.05) is 19.8 Å².